The molecule has 1 spiro atoms. The lowest BCUT2D eigenvalue weighted by Crippen LogP contribution is -2.49. The second kappa shape index (κ2) is 8.64. The number of amides is 1. The minimum atomic E-state index is -0.188. The van der Waals surface area contributed by atoms with Crippen LogP contribution in [0, 0.1) is 0 Å². The molecule has 1 fully saturated rings. The maximum Gasteiger partial charge on any atom is 0.255 e. The molecule has 6 nitrogen and oxygen atoms in total. The third-order valence-electron chi connectivity index (χ3n) is 6.45. The highest BCUT2D eigenvalue weighted by Crippen LogP contribution is 2.50. The molecular formula is C24H31N3O3. The summed E-state index contributed by atoms with van der Waals surface area (Å²) in [5.41, 5.74) is 2.45. The van der Waals surface area contributed by atoms with Crippen LogP contribution in [0.4, 0.5) is 0 Å². The Hall–Kier alpha value is -2.60. The predicted molar refractivity (Wildman–Crippen MR) is 116 cm³/mol. The van der Waals surface area contributed by atoms with E-state index < -0.39 is 0 Å². The van der Waals surface area contributed by atoms with Gasteiger partial charge in [-0.2, -0.15) is 0 Å². The van der Waals surface area contributed by atoms with Crippen LogP contribution < -0.4 is 14.8 Å². The molecule has 6 heteroatoms. The first-order valence-corrected chi connectivity index (χ1v) is 10.9. The maximum atomic E-state index is 12.7. The first-order chi connectivity index (χ1) is 14.6. The molecule has 3 heterocycles. The molecule has 0 bridgehead atoms. The number of piperidine rings is 1. The zero-order valence-electron chi connectivity index (χ0n) is 18.1. The summed E-state index contributed by atoms with van der Waals surface area (Å²) in [5, 5.41) is 3.44. The van der Waals surface area contributed by atoms with Crippen molar-refractivity contribution in [3.63, 3.8) is 0 Å². The molecule has 1 atom stereocenters. The van der Waals surface area contributed by atoms with E-state index in [1.807, 2.05) is 49.1 Å². The molecule has 4 rings (SSSR count). The number of fused-ring (bicyclic) bond motifs is 1. The Morgan fingerprint density at radius 1 is 1.23 bits per heavy atom. The van der Waals surface area contributed by atoms with Crippen LogP contribution in [0.25, 0.3) is 0 Å². The Labute approximate surface area is 178 Å². The highest BCUT2D eigenvalue weighted by Gasteiger charge is 2.44. The van der Waals surface area contributed by atoms with Gasteiger partial charge >= 0.3 is 0 Å². The summed E-state index contributed by atoms with van der Waals surface area (Å²) in [6.07, 6.45) is 4.52. The molecule has 0 radical (unpaired) electrons. The van der Waals surface area contributed by atoms with Gasteiger partial charge in [-0.15, -0.1) is 0 Å². The Morgan fingerprint density at radius 3 is 2.63 bits per heavy atom. The minimum Gasteiger partial charge on any atom is -0.496 e. The molecule has 30 heavy (non-hydrogen) atoms. The predicted octanol–water partition coefficient (Wildman–Crippen LogP) is 3.61. The number of carbonyl (C=O) groups is 1. The second-order valence-corrected chi connectivity index (χ2v) is 8.11. The van der Waals surface area contributed by atoms with Gasteiger partial charge in [0.1, 0.15) is 17.1 Å². The van der Waals surface area contributed by atoms with Gasteiger partial charge in [-0.1, -0.05) is 6.07 Å². The molecule has 0 aliphatic carbocycles. The number of hydrogen-bond donors (Lipinski definition) is 1. The number of aromatic nitrogens is 1. The molecule has 1 amide bonds. The molecule has 2 aliphatic heterocycles. The van der Waals surface area contributed by atoms with Gasteiger partial charge in [0, 0.05) is 36.5 Å². The summed E-state index contributed by atoms with van der Waals surface area (Å²) in [7, 11) is 1.70. The van der Waals surface area contributed by atoms with Crippen LogP contribution in [0.2, 0.25) is 0 Å². The fraction of sp³-hybridized carbons (Fsp3) is 0.500. The van der Waals surface area contributed by atoms with Crippen LogP contribution in [0.5, 0.6) is 11.5 Å². The largest absolute Gasteiger partial charge is 0.496 e. The molecule has 160 valence electrons. The summed E-state index contributed by atoms with van der Waals surface area (Å²) in [5.74, 6) is 1.81. The van der Waals surface area contributed by atoms with Crippen molar-refractivity contribution in [2.24, 2.45) is 0 Å². The van der Waals surface area contributed by atoms with Crippen molar-refractivity contribution in [2.75, 3.05) is 33.3 Å². The SMILES string of the molecule is CCN(CC)C(=O)c1ccc(C2CC3(CCNCC3)Oc3cccc(OC)c32)nc1. The first kappa shape index (κ1) is 20.7. The van der Waals surface area contributed by atoms with E-state index in [2.05, 4.69) is 5.32 Å². The number of ether oxygens (including phenoxy) is 2. The van der Waals surface area contributed by atoms with Gasteiger partial charge in [-0.05, 0) is 70.5 Å². The summed E-state index contributed by atoms with van der Waals surface area (Å²) in [6.45, 7) is 7.28. The van der Waals surface area contributed by atoms with Crippen LogP contribution in [0.1, 0.15) is 60.6 Å². The van der Waals surface area contributed by atoms with Crippen molar-refractivity contribution in [1.29, 1.82) is 0 Å². The monoisotopic (exact) mass is 409 g/mol. The molecule has 1 saturated heterocycles. The molecule has 2 aromatic rings. The number of methoxy groups -OCH3 is 1. The lowest BCUT2D eigenvalue weighted by Gasteiger charge is -2.45. The fourth-order valence-corrected chi connectivity index (χ4v) is 4.76. The van der Waals surface area contributed by atoms with Crippen LogP contribution in [0.15, 0.2) is 36.5 Å². The number of benzene rings is 1. The van der Waals surface area contributed by atoms with E-state index in [0.717, 1.165) is 55.1 Å². The van der Waals surface area contributed by atoms with Gasteiger partial charge in [0.2, 0.25) is 0 Å². The standard InChI is InChI=1S/C24H31N3O3/c1-4-27(5-2)23(28)17-9-10-19(26-16-17)18-15-24(11-13-25-14-12-24)30-21-8-6-7-20(29-3)22(18)21/h6-10,16,18,25H,4-5,11-15H2,1-3H3. The maximum absolute atomic E-state index is 12.7. The van der Waals surface area contributed by atoms with E-state index in [0.29, 0.717) is 18.7 Å². The average molecular weight is 410 g/mol. The lowest BCUT2D eigenvalue weighted by molar-refractivity contribution is 0.0103. The van der Waals surface area contributed by atoms with Crippen molar-refractivity contribution in [2.45, 2.75) is 44.6 Å². The molecule has 1 aromatic carbocycles. The number of hydrogen-bond acceptors (Lipinski definition) is 5. The van der Waals surface area contributed by atoms with Gasteiger partial charge in [0.15, 0.2) is 0 Å². The summed E-state index contributed by atoms with van der Waals surface area (Å²) >= 11 is 0. The quantitative estimate of drug-likeness (QED) is 0.817. The number of carbonyl (C=O) groups excluding carboxylic acids is 1. The number of nitrogens with zero attached hydrogens (tertiary/aromatic N) is 2. The number of pyridine rings is 1. The molecule has 0 saturated carbocycles. The fourth-order valence-electron chi connectivity index (χ4n) is 4.76. The summed E-state index contributed by atoms with van der Waals surface area (Å²) in [6, 6.07) is 9.90. The highest BCUT2D eigenvalue weighted by atomic mass is 16.5. The summed E-state index contributed by atoms with van der Waals surface area (Å²) in [4.78, 5) is 19.2. The van der Waals surface area contributed by atoms with Gasteiger partial charge in [0.05, 0.1) is 12.7 Å². The van der Waals surface area contributed by atoms with Crippen molar-refractivity contribution in [1.82, 2.24) is 15.2 Å². The van der Waals surface area contributed by atoms with E-state index in [9.17, 15) is 4.79 Å². The van der Waals surface area contributed by atoms with Gasteiger partial charge < -0.3 is 19.7 Å². The van der Waals surface area contributed by atoms with Crippen molar-refractivity contribution < 1.29 is 14.3 Å². The van der Waals surface area contributed by atoms with E-state index in [4.69, 9.17) is 14.5 Å². The van der Waals surface area contributed by atoms with E-state index in [1.54, 1.807) is 13.3 Å². The number of rotatable bonds is 5. The van der Waals surface area contributed by atoms with E-state index >= 15 is 0 Å². The molecule has 1 N–H and O–H groups in total. The Morgan fingerprint density at radius 2 is 2.00 bits per heavy atom. The Kier molecular flexibility index (Phi) is 5.95. The Bertz CT molecular complexity index is 887. The molecule has 1 aromatic heterocycles. The van der Waals surface area contributed by atoms with E-state index in [1.165, 1.54) is 0 Å². The molecule has 2 aliphatic rings. The number of nitrogens with one attached hydrogen (secondary N) is 1. The first-order valence-electron chi connectivity index (χ1n) is 10.9. The van der Waals surface area contributed by atoms with Crippen molar-refractivity contribution in [3.05, 3.63) is 53.3 Å². The second-order valence-electron chi connectivity index (χ2n) is 8.11. The van der Waals surface area contributed by atoms with Gasteiger partial charge in [0.25, 0.3) is 5.91 Å². The average Bonchev–Trinajstić information content (AvgIpc) is 2.79. The highest BCUT2D eigenvalue weighted by molar-refractivity contribution is 5.93. The van der Waals surface area contributed by atoms with Crippen molar-refractivity contribution in [3.8, 4) is 11.5 Å². The molecule has 1 unspecified atom stereocenters. The normalized spacial score (nSPS) is 19.6. The smallest absolute Gasteiger partial charge is 0.255 e. The third kappa shape index (κ3) is 3.76. The lowest BCUT2D eigenvalue weighted by atomic mass is 9.76. The molecular weight excluding hydrogens is 378 g/mol. The van der Waals surface area contributed by atoms with Gasteiger partial charge in [-0.3, -0.25) is 9.78 Å². The van der Waals surface area contributed by atoms with Gasteiger partial charge in [-0.25, -0.2) is 0 Å². The van der Waals surface area contributed by atoms with Crippen molar-refractivity contribution >= 4 is 5.91 Å². The topological polar surface area (TPSA) is 63.7 Å². The summed E-state index contributed by atoms with van der Waals surface area (Å²) < 4.78 is 12.3. The Balaban J connectivity index is 1.71. The van der Waals surface area contributed by atoms with Crippen LogP contribution in [-0.2, 0) is 0 Å². The van der Waals surface area contributed by atoms with Crippen LogP contribution in [-0.4, -0.2) is 54.7 Å². The zero-order valence-corrected chi connectivity index (χ0v) is 18.1. The minimum absolute atomic E-state index is 0.0267. The zero-order chi connectivity index (χ0) is 21.1. The van der Waals surface area contributed by atoms with Crippen LogP contribution in [0.3, 0.4) is 0 Å². The van der Waals surface area contributed by atoms with E-state index in [-0.39, 0.29) is 17.4 Å². The van der Waals surface area contributed by atoms with Crippen LogP contribution >= 0.6 is 0 Å². The third-order valence-corrected chi connectivity index (χ3v) is 6.45.